The molecular weight excluding hydrogens is 697 g/mol. The van der Waals surface area contributed by atoms with Gasteiger partial charge < -0.3 is 14.2 Å². The van der Waals surface area contributed by atoms with Gasteiger partial charge >= 0.3 is 17.9 Å². The number of esters is 3. The molecule has 6 nitrogen and oxygen atoms in total. The molecule has 6 heteroatoms. The van der Waals surface area contributed by atoms with Gasteiger partial charge in [-0.3, -0.25) is 14.4 Å². The molecule has 0 heterocycles. The molecule has 0 bridgehead atoms. The SMILES string of the molecule is CC(C)CCCCCCCCCCCCCCCCCCC(=O)OC[C@@H](COC(=O)CCCCCCCCC(C)C)OC(=O)CCCCCCCCCC(C)C. The van der Waals surface area contributed by atoms with Crippen LogP contribution in [0.1, 0.15) is 266 Å². The molecule has 0 aliphatic carbocycles. The lowest BCUT2D eigenvalue weighted by atomic mass is 10.0. The first-order valence-electron chi connectivity index (χ1n) is 24.6. The lowest BCUT2D eigenvalue weighted by Crippen LogP contribution is -2.30. The van der Waals surface area contributed by atoms with Crippen LogP contribution in [0.5, 0.6) is 0 Å². The minimum Gasteiger partial charge on any atom is -0.462 e. The first-order valence-corrected chi connectivity index (χ1v) is 24.6. The Kier molecular flexibility index (Phi) is 40.4. The zero-order valence-corrected chi connectivity index (χ0v) is 38.4. The summed E-state index contributed by atoms with van der Waals surface area (Å²) in [5.74, 6) is 1.53. The summed E-state index contributed by atoms with van der Waals surface area (Å²) in [6, 6.07) is 0. The van der Waals surface area contributed by atoms with Crippen molar-refractivity contribution in [1.29, 1.82) is 0 Å². The molecule has 0 amide bonds. The average Bonchev–Trinajstić information content (AvgIpc) is 3.15. The van der Waals surface area contributed by atoms with E-state index >= 15 is 0 Å². The number of carbonyl (C=O) groups excluding carboxylic acids is 3. The van der Waals surface area contributed by atoms with Crippen molar-refractivity contribution < 1.29 is 28.6 Å². The summed E-state index contributed by atoms with van der Waals surface area (Å²) >= 11 is 0. The van der Waals surface area contributed by atoms with Crippen LogP contribution in [0.25, 0.3) is 0 Å². The summed E-state index contributed by atoms with van der Waals surface area (Å²) in [7, 11) is 0. The van der Waals surface area contributed by atoms with Crippen molar-refractivity contribution in [3.8, 4) is 0 Å². The summed E-state index contributed by atoms with van der Waals surface area (Å²) in [4.78, 5) is 37.7. The Morgan fingerprint density at radius 2 is 0.518 bits per heavy atom. The molecule has 0 rings (SSSR count). The summed E-state index contributed by atoms with van der Waals surface area (Å²) < 4.78 is 16.7. The first-order chi connectivity index (χ1) is 27.1. The van der Waals surface area contributed by atoms with Crippen LogP contribution in [0.3, 0.4) is 0 Å². The Labute approximate surface area is 348 Å². The van der Waals surface area contributed by atoms with Gasteiger partial charge in [0.1, 0.15) is 13.2 Å². The van der Waals surface area contributed by atoms with Crippen LogP contribution >= 0.6 is 0 Å². The molecule has 0 aromatic carbocycles. The molecule has 1 atom stereocenters. The predicted octanol–water partition coefficient (Wildman–Crippen LogP) is 15.6. The second kappa shape index (κ2) is 41.6. The molecule has 0 aliphatic heterocycles. The summed E-state index contributed by atoms with van der Waals surface area (Å²) in [5.41, 5.74) is 0. The van der Waals surface area contributed by atoms with E-state index in [0.717, 1.165) is 75.5 Å². The van der Waals surface area contributed by atoms with Crippen LogP contribution in [0, 0.1) is 17.8 Å². The smallest absolute Gasteiger partial charge is 0.306 e. The number of carbonyl (C=O) groups is 3. The second-order valence-electron chi connectivity index (χ2n) is 18.5. The molecule has 0 N–H and O–H groups in total. The Hall–Kier alpha value is -1.59. The molecule has 0 aromatic heterocycles. The van der Waals surface area contributed by atoms with Crippen molar-refractivity contribution >= 4 is 17.9 Å². The largest absolute Gasteiger partial charge is 0.462 e. The van der Waals surface area contributed by atoms with E-state index in [-0.39, 0.29) is 31.1 Å². The first kappa shape index (κ1) is 54.4. The Bertz CT molecular complexity index is 868. The topological polar surface area (TPSA) is 78.9 Å². The minimum atomic E-state index is -0.762. The van der Waals surface area contributed by atoms with Crippen LogP contribution in [0.15, 0.2) is 0 Å². The highest BCUT2D eigenvalue weighted by Crippen LogP contribution is 2.17. The molecule has 0 unspecified atom stereocenters. The lowest BCUT2D eigenvalue weighted by molar-refractivity contribution is -0.167. The van der Waals surface area contributed by atoms with Crippen molar-refractivity contribution in [3.05, 3.63) is 0 Å². The zero-order chi connectivity index (χ0) is 41.3. The maximum Gasteiger partial charge on any atom is 0.306 e. The molecule has 0 saturated carbocycles. The monoisotopic (exact) mass is 793 g/mol. The maximum atomic E-state index is 12.7. The van der Waals surface area contributed by atoms with Crippen molar-refractivity contribution in [2.75, 3.05) is 13.2 Å². The molecule has 0 saturated heterocycles. The summed E-state index contributed by atoms with van der Waals surface area (Å²) in [5, 5.41) is 0. The van der Waals surface area contributed by atoms with Gasteiger partial charge in [-0.1, -0.05) is 228 Å². The quantitative estimate of drug-likeness (QED) is 0.0348. The van der Waals surface area contributed by atoms with Crippen molar-refractivity contribution in [3.63, 3.8) is 0 Å². The highest BCUT2D eigenvalue weighted by Gasteiger charge is 2.19. The minimum absolute atomic E-state index is 0.0664. The molecule has 0 aromatic rings. The fraction of sp³-hybridized carbons (Fsp3) is 0.940. The Morgan fingerprint density at radius 1 is 0.304 bits per heavy atom. The van der Waals surface area contributed by atoms with E-state index in [1.807, 2.05) is 0 Å². The molecule has 56 heavy (non-hydrogen) atoms. The van der Waals surface area contributed by atoms with Crippen LogP contribution in [0.2, 0.25) is 0 Å². The average molecular weight is 793 g/mol. The number of rotatable bonds is 43. The van der Waals surface area contributed by atoms with Crippen LogP contribution in [-0.4, -0.2) is 37.2 Å². The third kappa shape index (κ3) is 43.5. The highest BCUT2D eigenvalue weighted by atomic mass is 16.6. The van der Waals surface area contributed by atoms with Gasteiger partial charge in [-0.25, -0.2) is 0 Å². The molecule has 0 aliphatic rings. The van der Waals surface area contributed by atoms with E-state index in [1.54, 1.807) is 0 Å². The van der Waals surface area contributed by atoms with Gasteiger partial charge in [0.25, 0.3) is 0 Å². The fourth-order valence-electron chi connectivity index (χ4n) is 7.41. The number of unbranched alkanes of at least 4 members (excludes halogenated alkanes) is 26. The highest BCUT2D eigenvalue weighted by molar-refractivity contribution is 5.71. The molecule has 0 spiro atoms. The van der Waals surface area contributed by atoms with Crippen LogP contribution in [0.4, 0.5) is 0 Å². The summed E-state index contributed by atoms with van der Waals surface area (Å²) in [6.07, 6.45) is 39.8. The predicted molar refractivity (Wildman–Crippen MR) is 238 cm³/mol. The van der Waals surface area contributed by atoms with Crippen LogP contribution in [-0.2, 0) is 28.6 Å². The summed E-state index contributed by atoms with van der Waals surface area (Å²) in [6.45, 7) is 13.6. The lowest BCUT2D eigenvalue weighted by Gasteiger charge is -2.18. The van der Waals surface area contributed by atoms with Gasteiger partial charge in [0.2, 0.25) is 0 Å². The number of hydrogen-bond acceptors (Lipinski definition) is 6. The number of ether oxygens (including phenoxy) is 3. The van der Waals surface area contributed by atoms with Gasteiger partial charge in [0.15, 0.2) is 6.10 Å². The van der Waals surface area contributed by atoms with Gasteiger partial charge in [-0.2, -0.15) is 0 Å². The third-order valence-corrected chi connectivity index (χ3v) is 11.1. The van der Waals surface area contributed by atoms with E-state index < -0.39 is 6.10 Å². The Morgan fingerprint density at radius 3 is 0.768 bits per heavy atom. The fourth-order valence-corrected chi connectivity index (χ4v) is 7.41. The van der Waals surface area contributed by atoms with E-state index in [1.165, 1.54) is 148 Å². The van der Waals surface area contributed by atoms with Crippen molar-refractivity contribution in [2.45, 2.75) is 272 Å². The molecule has 0 fully saturated rings. The molecule has 332 valence electrons. The van der Waals surface area contributed by atoms with Crippen molar-refractivity contribution in [1.82, 2.24) is 0 Å². The van der Waals surface area contributed by atoms with Gasteiger partial charge in [0, 0.05) is 19.3 Å². The zero-order valence-electron chi connectivity index (χ0n) is 38.4. The number of hydrogen-bond donors (Lipinski definition) is 0. The van der Waals surface area contributed by atoms with Gasteiger partial charge in [0.05, 0.1) is 0 Å². The van der Waals surface area contributed by atoms with Gasteiger partial charge in [-0.05, 0) is 37.0 Å². The maximum absolute atomic E-state index is 12.7. The van der Waals surface area contributed by atoms with E-state index in [4.69, 9.17) is 14.2 Å². The molecule has 0 radical (unpaired) electrons. The van der Waals surface area contributed by atoms with Crippen LogP contribution < -0.4 is 0 Å². The van der Waals surface area contributed by atoms with E-state index in [0.29, 0.717) is 19.3 Å². The molecular formula is C50H96O6. The van der Waals surface area contributed by atoms with Gasteiger partial charge in [-0.15, -0.1) is 0 Å². The van der Waals surface area contributed by atoms with E-state index in [9.17, 15) is 14.4 Å². The van der Waals surface area contributed by atoms with Crippen molar-refractivity contribution in [2.24, 2.45) is 17.8 Å². The standard InChI is InChI=1S/C50H96O6/c1-44(2)36-30-24-18-15-13-11-9-7-8-10-12-14-16-20-27-33-39-48(51)54-42-47(43-55-49(52)40-34-28-23-22-26-32-38-46(5)6)56-50(53)41-35-29-21-17-19-25-31-37-45(3)4/h44-47H,7-43H2,1-6H3/t47-/m0/s1. The second-order valence-corrected chi connectivity index (χ2v) is 18.5. The van der Waals surface area contributed by atoms with E-state index in [2.05, 4.69) is 41.5 Å². The Balaban J connectivity index is 4.20. The normalized spacial score (nSPS) is 12.2. The third-order valence-electron chi connectivity index (χ3n) is 11.1.